The molecule has 0 aliphatic carbocycles. The summed E-state index contributed by atoms with van der Waals surface area (Å²) in [7, 11) is 0. The molecule has 0 aliphatic heterocycles. The highest BCUT2D eigenvalue weighted by Crippen LogP contribution is 2.18. The first-order valence-electron chi connectivity index (χ1n) is 10.9. The highest BCUT2D eigenvalue weighted by Gasteiger charge is 2.30. The number of hydrogen-bond acceptors (Lipinski definition) is 4. The van der Waals surface area contributed by atoms with Gasteiger partial charge in [0.25, 0.3) is 0 Å². The molecule has 0 spiro atoms. The fourth-order valence-electron chi connectivity index (χ4n) is 3.35. The maximum absolute atomic E-state index is 10.7. The summed E-state index contributed by atoms with van der Waals surface area (Å²) in [5.41, 5.74) is 3.23. The molecule has 4 heteroatoms. The van der Waals surface area contributed by atoms with Gasteiger partial charge in [-0.05, 0) is 23.1 Å². The van der Waals surface area contributed by atoms with Crippen LogP contribution in [0.2, 0.25) is 0 Å². The molecule has 0 heterocycles. The van der Waals surface area contributed by atoms with Gasteiger partial charge in [-0.25, -0.2) is 0 Å². The van der Waals surface area contributed by atoms with Gasteiger partial charge in [-0.1, -0.05) is 97.9 Å². The van der Waals surface area contributed by atoms with Gasteiger partial charge in [-0.2, -0.15) is 0 Å². The lowest BCUT2D eigenvalue weighted by Gasteiger charge is -2.31. The first-order valence-corrected chi connectivity index (χ1v) is 10.9. The third kappa shape index (κ3) is 7.93. The predicted octanol–water partition coefficient (Wildman–Crippen LogP) is 5.14. The quantitative estimate of drug-likeness (QED) is 0.416. The van der Waals surface area contributed by atoms with E-state index in [-0.39, 0.29) is 0 Å². The molecule has 3 aromatic rings. The van der Waals surface area contributed by atoms with E-state index in [0.717, 1.165) is 16.7 Å². The zero-order valence-corrected chi connectivity index (χ0v) is 18.1. The Kier molecular flexibility index (Phi) is 9.74. The van der Waals surface area contributed by atoms with Gasteiger partial charge in [0.1, 0.15) is 12.2 Å². The summed E-state index contributed by atoms with van der Waals surface area (Å²) in [5, 5.41) is 10.7. The van der Waals surface area contributed by atoms with E-state index in [2.05, 4.69) is 0 Å². The SMILES string of the molecule is CC[C@@H](O)[C@H](OCc1ccccc1)[C@H](COCc1ccccc1)OCc1ccccc1. The normalized spacial score (nSPS) is 14.1. The third-order valence-electron chi connectivity index (χ3n) is 5.15. The Morgan fingerprint density at radius 2 is 1.10 bits per heavy atom. The van der Waals surface area contributed by atoms with E-state index in [1.807, 2.05) is 97.9 Å². The Bertz CT molecular complexity index is 839. The van der Waals surface area contributed by atoms with Gasteiger partial charge in [0.2, 0.25) is 0 Å². The molecule has 3 aromatic carbocycles. The summed E-state index contributed by atoms with van der Waals surface area (Å²) in [4.78, 5) is 0. The molecule has 0 saturated heterocycles. The van der Waals surface area contributed by atoms with Crippen LogP contribution in [0.15, 0.2) is 91.0 Å². The lowest BCUT2D eigenvalue weighted by atomic mass is 10.1. The predicted molar refractivity (Wildman–Crippen MR) is 122 cm³/mol. The average molecular weight is 421 g/mol. The van der Waals surface area contributed by atoms with E-state index < -0.39 is 18.3 Å². The van der Waals surface area contributed by atoms with E-state index in [1.54, 1.807) is 0 Å². The number of aliphatic hydroxyl groups is 1. The molecule has 1 N–H and O–H groups in total. The van der Waals surface area contributed by atoms with Gasteiger partial charge in [-0.15, -0.1) is 0 Å². The molecule has 3 rings (SSSR count). The zero-order chi connectivity index (χ0) is 21.7. The van der Waals surface area contributed by atoms with Crippen LogP contribution < -0.4 is 0 Å². The van der Waals surface area contributed by atoms with Gasteiger partial charge in [0, 0.05) is 0 Å². The standard InChI is InChI=1S/C27H32O4/c1-2-25(28)27(31-20-24-16-10-5-11-17-24)26(30-19-23-14-8-4-9-15-23)21-29-18-22-12-6-3-7-13-22/h3-17,25-28H,2,18-21H2,1H3/t25-,26+,27+/m1/s1. The lowest BCUT2D eigenvalue weighted by Crippen LogP contribution is -2.43. The Labute approximate surface area is 185 Å². The fraction of sp³-hybridized carbons (Fsp3) is 0.333. The van der Waals surface area contributed by atoms with Crippen molar-refractivity contribution in [3.05, 3.63) is 108 Å². The van der Waals surface area contributed by atoms with Gasteiger partial charge < -0.3 is 19.3 Å². The van der Waals surface area contributed by atoms with Crippen LogP contribution in [-0.4, -0.2) is 30.0 Å². The number of rotatable bonds is 13. The van der Waals surface area contributed by atoms with Crippen LogP contribution in [0.1, 0.15) is 30.0 Å². The van der Waals surface area contributed by atoms with Crippen molar-refractivity contribution in [1.82, 2.24) is 0 Å². The fourth-order valence-corrected chi connectivity index (χ4v) is 3.35. The van der Waals surface area contributed by atoms with Gasteiger partial charge in [0.15, 0.2) is 0 Å². The molecule has 164 valence electrons. The minimum atomic E-state index is -0.648. The lowest BCUT2D eigenvalue weighted by molar-refractivity contribution is -0.153. The molecule has 0 saturated carbocycles. The van der Waals surface area contributed by atoms with Crippen molar-refractivity contribution in [2.45, 2.75) is 51.5 Å². The molecule has 4 nitrogen and oxygen atoms in total. The van der Waals surface area contributed by atoms with E-state index in [4.69, 9.17) is 14.2 Å². The molecule has 0 unspecified atom stereocenters. The highest BCUT2D eigenvalue weighted by atomic mass is 16.6. The summed E-state index contributed by atoms with van der Waals surface area (Å²) < 4.78 is 18.4. The molecular weight excluding hydrogens is 388 g/mol. The Morgan fingerprint density at radius 3 is 1.58 bits per heavy atom. The van der Waals surface area contributed by atoms with Crippen molar-refractivity contribution in [2.24, 2.45) is 0 Å². The molecule has 0 bridgehead atoms. The number of aliphatic hydroxyl groups excluding tert-OH is 1. The van der Waals surface area contributed by atoms with Crippen molar-refractivity contribution >= 4 is 0 Å². The molecule has 3 atom stereocenters. The maximum atomic E-state index is 10.7. The van der Waals surface area contributed by atoms with Gasteiger partial charge in [-0.3, -0.25) is 0 Å². The number of ether oxygens (including phenoxy) is 3. The summed E-state index contributed by atoms with van der Waals surface area (Å²) in [5.74, 6) is 0. The second-order valence-corrected chi connectivity index (χ2v) is 7.57. The molecule has 31 heavy (non-hydrogen) atoms. The smallest absolute Gasteiger partial charge is 0.112 e. The minimum Gasteiger partial charge on any atom is -0.390 e. The van der Waals surface area contributed by atoms with Crippen LogP contribution in [0.5, 0.6) is 0 Å². The first-order chi connectivity index (χ1) is 15.3. The second-order valence-electron chi connectivity index (χ2n) is 7.57. The molecule has 0 aromatic heterocycles. The van der Waals surface area contributed by atoms with E-state index >= 15 is 0 Å². The van der Waals surface area contributed by atoms with Crippen LogP contribution in [0, 0.1) is 0 Å². The maximum Gasteiger partial charge on any atom is 0.112 e. The molecule has 0 radical (unpaired) electrons. The van der Waals surface area contributed by atoms with Gasteiger partial charge in [0.05, 0.1) is 32.5 Å². The zero-order valence-electron chi connectivity index (χ0n) is 18.1. The number of hydrogen-bond donors (Lipinski definition) is 1. The van der Waals surface area contributed by atoms with Crippen molar-refractivity contribution in [2.75, 3.05) is 6.61 Å². The molecule has 0 amide bonds. The van der Waals surface area contributed by atoms with Crippen molar-refractivity contribution in [1.29, 1.82) is 0 Å². The second kappa shape index (κ2) is 13.0. The summed E-state index contributed by atoms with van der Waals surface area (Å²) in [6.07, 6.45) is -0.972. The van der Waals surface area contributed by atoms with Crippen LogP contribution in [0.25, 0.3) is 0 Å². The highest BCUT2D eigenvalue weighted by molar-refractivity contribution is 5.15. The largest absolute Gasteiger partial charge is 0.390 e. The van der Waals surface area contributed by atoms with E-state index in [9.17, 15) is 5.11 Å². The Morgan fingerprint density at radius 1 is 0.645 bits per heavy atom. The van der Waals surface area contributed by atoms with Crippen LogP contribution in [-0.2, 0) is 34.0 Å². The Hall–Kier alpha value is -2.50. The van der Waals surface area contributed by atoms with Crippen LogP contribution in [0.3, 0.4) is 0 Å². The Balaban J connectivity index is 1.67. The molecular formula is C27H32O4. The topological polar surface area (TPSA) is 47.9 Å². The van der Waals surface area contributed by atoms with Crippen molar-refractivity contribution in [3.8, 4) is 0 Å². The van der Waals surface area contributed by atoms with Crippen molar-refractivity contribution in [3.63, 3.8) is 0 Å². The summed E-state index contributed by atoms with van der Waals surface area (Å²) in [6.45, 7) is 3.61. The first kappa shape index (κ1) is 23.2. The third-order valence-corrected chi connectivity index (χ3v) is 5.15. The van der Waals surface area contributed by atoms with E-state index in [0.29, 0.717) is 32.8 Å². The monoisotopic (exact) mass is 420 g/mol. The summed E-state index contributed by atoms with van der Waals surface area (Å²) >= 11 is 0. The molecule has 0 fully saturated rings. The average Bonchev–Trinajstić information content (AvgIpc) is 2.84. The van der Waals surface area contributed by atoms with Gasteiger partial charge >= 0.3 is 0 Å². The van der Waals surface area contributed by atoms with Crippen LogP contribution in [0.4, 0.5) is 0 Å². The molecule has 0 aliphatic rings. The minimum absolute atomic E-state index is 0.332. The number of benzene rings is 3. The van der Waals surface area contributed by atoms with Crippen molar-refractivity contribution < 1.29 is 19.3 Å². The summed E-state index contributed by atoms with van der Waals surface area (Å²) in [6, 6.07) is 30.0. The van der Waals surface area contributed by atoms with Crippen LogP contribution >= 0.6 is 0 Å². The van der Waals surface area contributed by atoms with E-state index in [1.165, 1.54) is 0 Å².